The van der Waals surface area contributed by atoms with Crippen LogP contribution in [-0.4, -0.2) is 25.3 Å². The van der Waals surface area contributed by atoms with Gasteiger partial charge in [-0.3, -0.25) is 0 Å². The molecule has 4 heteroatoms. The first-order valence-electron chi connectivity index (χ1n) is 4.68. The molecule has 1 N–H and O–H groups in total. The Balaban J connectivity index is 2.35. The minimum absolute atomic E-state index is 0.260. The number of aryl methyl sites for hydroxylation is 1. The van der Waals surface area contributed by atoms with Crippen molar-refractivity contribution in [3.05, 3.63) is 29.3 Å². The lowest BCUT2D eigenvalue weighted by Crippen LogP contribution is -2.43. The lowest BCUT2D eigenvalue weighted by Gasteiger charge is -2.27. The van der Waals surface area contributed by atoms with Crippen molar-refractivity contribution in [2.75, 3.05) is 7.11 Å². The van der Waals surface area contributed by atoms with Crippen LogP contribution in [0.3, 0.4) is 0 Å². The summed E-state index contributed by atoms with van der Waals surface area (Å²) in [5, 5.41) is 9.59. The topological polar surface area (TPSA) is 38.7 Å². The van der Waals surface area contributed by atoms with Crippen molar-refractivity contribution in [3.63, 3.8) is 0 Å². The van der Waals surface area contributed by atoms with Crippen molar-refractivity contribution in [1.29, 1.82) is 0 Å². The summed E-state index contributed by atoms with van der Waals surface area (Å²) in [7, 11) is 0.728. The van der Waals surface area contributed by atoms with Gasteiger partial charge in [0.15, 0.2) is 0 Å². The van der Waals surface area contributed by atoms with Gasteiger partial charge in [0.1, 0.15) is 11.8 Å². The standard InChI is InChI=1S/C10H13BO3/c1-7-4-3-5-8-6-9(13-2)11(12)14-10(7)8/h3-5,9,12H,6H2,1-2H3/t9-/m0/s1. The van der Waals surface area contributed by atoms with Gasteiger partial charge in [-0.1, -0.05) is 18.2 Å². The lowest BCUT2D eigenvalue weighted by molar-refractivity contribution is 0.125. The Morgan fingerprint density at radius 2 is 2.36 bits per heavy atom. The van der Waals surface area contributed by atoms with E-state index in [1.807, 2.05) is 25.1 Å². The average molecular weight is 192 g/mol. The molecule has 14 heavy (non-hydrogen) atoms. The number of benzene rings is 1. The van der Waals surface area contributed by atoms with Crippen LogP contribution in [0.1, 0.15) is 11.1 Å². The van der Waals surface area contributed by atoms with Crippen molar-refractivity contribution < 1.29 is 14.4 Å². The molecule has 0 amide bonds. The van der Waals surface area contributed by atoms with E-state index in [1.54, 1.807) is 7.11 Å². The highest BCUT2D eigenvalue weighted by Crippen LogP contribution is 2.29. The number of hydrogen-bond donors (Lipinski definition) is 1. The quantitative estimate of drug-likeness (QED) is 0.673. The Morgan fingerprint density at radius 1 is 1.57 bits per heavy atom. The van der Waals surface area contributed by atoms with E-state index in [2.05, 4.69) is 0 Å². The third-order valence-corrected chi connectivity index (χ3v) is 2.57. The van der Waals surface area contributed by atoms with Crippen LogP contribution in [0.25, 0.3) is 0 Å². The first kappa shape index (κ1) is 9.56. The van der Waals surface area contributed by atoms with E-state index >= 15 is 0 Å². The van der Waals surface area contributed by atoms with Crippen LogP contribution < -0.4 is 4.65 Å². The Morgan fingerprint density at radius 3 is 3.07 bits per heavy atom. The fraction of sp³-hybridized carbons (Fsp3) is 0.400. The Kier molecular flexibility index (Phi) is 2.48. The first-order valence-corrected chi connectivity index (χ1v) is 4.68. The lowest BCUT2D eigenvalue weighted by atomic mass is 9.74. The molecule has 1 atom stereocenters. The average Bonchev–Trinajstić information content (AvgIpc) is 2.19. The zero-order valence-electron chi connectivity index (χ0n) is 8.36. The molecular weight excluding hydrogens is 179 g/mol. The van der Waals surface area contributed by atoms with Crippen molar-refractivity contribution in [2.45, 2.75) is 19.3 Å². The van der Waals surface area contributed by atoms with Gasteiger partial charge in [-0.05, 0) is 18.1 Å². The third kappa shape index (κ3) is 1.51. The van der Waals surface area contributed by atoms with Gasteiger partial charge >= 0.3 is 7.12 Å². The second-order valence-corrected chi connectivity index (χ2v) is 3.55. The van der Waals surface area contributed by atoms with Gasteiger partial charge in [-0.15, -0.1) is 0 Å². The van der Waals surface area contributed by atoms with Gasteiger partial charge in [0.05, 0.1) is 0 Å². The SMILES string of the molecule is CO[C@H]1Cc2cccc(C)c2OB1O. The molecule has 0 radical (unpaired) electrons. The second kappa shape index (κ2) is 3.63. The molecule has 0 spiro atoms. The van der Waals surface area contributed by atoms with Gasteiger partial charge in [0, 0.05) is 13.5 Å². The molecule has 0 aromatic heterocycles. The smallest absolute Gasteiger partial charge is 0.534 e. The number of rotatable bonds is 1. The molecule has 0 bridgehead atoms. The summed E-state index contributed by atoms with van der Waals surface area (Å²) in [5.41, 5.74) is 2.15. The summed E-state index contributed by atoms with van der Waals surface area (Å²) in [6.45, 7) is 1.97. The van der Waals surface area contributed by atoms with Crippen molar-refractivity contribution in [1.82, 2.24) is 0 Å². The highest BCUT2D eigenvalue weighted by Gasteiger charge is 2.35. The predicted molar refractivity (Wildman–Crippen MR) is 54.3 cm³/mol. The van der Waals surface area contributed by atoms with Crippen LogP contribution in [0.4, 0.5) is 0 Å². The van der Waals surface area contributed by atoms with Gasteiger partial charge in [-0.2, -0.15) is 0 Å². The maximum absolute atomic E-state index is 9.59. The molecule has 0 unspecified atom stereocenters. The summed E-state index contributed by atoms with van der Waals surface area (Å²) >= 11 is 0. The van der Waals surface area contributed by atoms with E-state index in [-0.39, 0.29) is 6.00 Å². The summed E-state index contributed by atoms with van der Waals surface area (Å²) < 4.78 is 10.5. The highest BCUT2D eigenvalue weighted by atomic mass is 16.6. The predicted octanol–water partition coefficient (Wildman–Crippen LogP) is 0.965. The molecule has 1 aliphatic rings. The van der Waals surface area contributed by atoms with Crippen LogP contribution in [0.5, 0.6) is 5.75 Å². The van der Waals surface area contributed by atoms with E-state index in [4.69, 9.17) is 9.39 Å². The van der Waals surface area contributed by atoms with Crippen molar-refractivity contribution in [3.8, 4) is 5.75 Å². The monoisotopic (exact) mass is 192 g/mol. The summed E-state index contributed by atoms with van der Waals surface area (Å²) in [4.78, 5) is 0. The van der Waals surface area contributed by atoms with E-state index in [9.17, 15) is 5.02 Å². The summed E-state index contributed by atoms with van der Waals surface area (Å²) in [5.74, 6) is 0.799. The molecule has 0 aliphatic carbocycles. The molecule has 1 aliphatic heterocycles. The van der Waals surface area contributed by atoms with Gasteiger partial charge < -0.3 is 14.4 Å². The van der Waals surface area contributed by atoms with Gasteiger partial charge in [0.25, 0.3) is 0 Å². The van der Waals surface area contributed by atoms with Crippen LogP contribution in [-0.2, 0) is 11.2 Å². The van der Waals surface area contributed by atoms with Crippen molar-refractivity contribution >= 4 is 7.12 Å². The third-order valence-electron chi connectivity index (χ3n) is 2.57. The largest absolute Gasteiger partial charge is 0.554 e. The fourth-order valence-electron chi connectivity index (χ4n) is 1.76. The van der Waals surface area contributed by atoms with E-state index in [1.165, 1.54) is 0 Å². The van der Waals surface area contributed by atoms with Crippen LogP contribution in [0.2, 0.25) is 0 Å². The zero-order valence-corrected chi connectivity index (χ0v) is 8.36. The maximum Gasteiger partial charge on any atom is 0.554 e. The maximum atomic E-state index is 9.59. The molecule has 3 nitrogen and oxygen atoms in total. The van der Waals surface area contributed by atoms with E-state index < -0.39 is 7.12 Å². The summed E-state index contributed by atoms with van der Waals surface area (Å²) in [6, 6.07) is 5.70. The normalized spacial score (nSPS) is 20.2. The number of ether oxygens (including phenoxy) is 1. The Bertz CT molecular complexity index is 340. The number of fused-ring (bicyclic) bond motifs is 1. The van der Waals surface area contributed by atoms with Crippen LogP contribution >= 0.6 is 0 Å². The second-order valence-electron chi connectivity index (χ2n) is 3.55. The molecule has 0 saturated heterocycles. The van der Waals surface area contributed by atoms with Crippen LogP contribution in [0.15, 0.2) is 18.2 Å². The molecule has 2 rings (SSSR count). The highest BCUT2D eigenvalue weighted by molar-refractivity contribution is 6.46. The van der Waals surface area contributed by atoms with Gasteiger partial charge in [-0.25, -0.2) is 0 Å². The molecule has 0 saturated carbocycles. The van der Waals surface area contributed by atoms with Gasteiger partial charge in [0.2, 0.25) is 0 Å². The van der Waals surface area contributed by atoms with E-state index in [0.29, 0.717) is 6.42 Å². The number of hydrogen-bond acceptors (Lipinski definition) is 3. The number of para-hydroxylation sites is 1. The Labute approximate surface area is 83.8 Å². The fourth-order valence-corrected chi connectivity index (χ4v) is 1.76. The molecule has 0 fully saturated rings. The molecule has 1 aromatic rings. The Hall–Kier alpha value is -0.995. The molecular formula is C10H13BO3. The van der Waals surface area contributed by atoms with Crippen molar-refractivity contribution in [2.24, 2.45) is 0 Å². The first-order chi connectivity index (χ1) is 6.72. The molecule has 74 valence electrons. The minimum Gasteiger partial charge on any atom is -0.534 e. The zero-order chi connectivity index (χ0) is 10.1. The minimum atomic E-state index is -0.853. The van der Waals surface area contributed by atoms with E-state index in [0.717, 1.165) is 16.9 Å². The summed E-state index contributed by atoms with van der Waals surface area (Å²) in [6.07, 6.45) is 0.703. The molecule has 1 heterocycles. The van der Waals surface area contributed by atoms with Crippen LogP contribution in [0, 0.1) is 6.92 Å². The molecule has 1 aromatic carbocycles. The number of methoxy groups -OCH3 is 1.